The zero-order valence-electron chi connectivity index (χ0n) is 14.8. The van der Waals surface area contributed by atoms with Gasteiger partial charge >= 0.3 is 0 Å². The van der Waals surface area contributed by atoms with E-state index < -0.39 is 17.8 Å². The van der Waals surface area contributed by atoms with Gasteiger partial charge in [-0.3, -0.25) is 4.79 Å². The molecule has 0 heterocycles. The predicted octanol–water partition coefficient (Wildman–Crippen LogP) is 3.35. The maximum atomic E-state index is 14.3. The highest BCUT2D eigenvalue weighted by atomic mass is 19.1. The van der Waals surface area contributed by atoms with Gasteiger partial charge in [-0.2, -0.15) is 0 Å². The summed E-state index contributed by atoms with van der Waals surface area (Å²) < 4.78 is 19.3. The van der Waals surface area contributed by atoms with E-state index in [1.54, 1.807) is 48.3 Å². The SMILES string of the molecule is COc1cccc(C(O)C(=O)Nc2ccc(N(C)C(C)C)c(F)c2)c1. The van der Waals surface area contributed by atoms with Crippen LogP contribution in [0.15, 0.2) is 42.5 Å². The maximum Gasteiger partial charge on any atom is 0.257 e. The van der Waals surface area contributed by atoms with Gasteiger partial charge in [0, 0.05) is 18.8 Å². The Labute approximate surface area is 147 Å². The Morgan fingerprint density at radius 2 is 1.96 bits per heavy atom. The Balaban J connectivity index is 2.13. The molecular weight excluding hydrogens is 323 g/mol. The standard InChI is InChI=1S/C19H23FN2O3/c1-12(2)22(3)17-9-8-14(11-16(17)20)21-19(24)18(23)13-6-5-7-15(10-13)25-4/h5-12,18,23H,1-4H3,(H,21,24). The first-order chi connectivity index (χ1) is 11.8. The van der Waals surface area contributed by atoms with Gasteiger partial charge in [0.25, 0.3) is 5.91 Å². The molecule has 2 aromatic carbocycles. The van der Waals surface area contributed by atoms with Gasteiger partial charge < -0.3 is 20.1 Å². The zero-order chi connectivity index (χ0) is 18.6. The van der Waals surface area contributed by atoms with Gasteiger partial charge in [-0.25, -0.2) is 4.39 Å². The molecule has 0 aliphatic rings. The van der Waals surface area contributed by atoms with Crippen LogP contribution >= 0.6 is 0 Å². The fourth-order valence-electron chi connectivity index (χ4n) is 2.32. The van der Waals surface area contributed by atoms with E-state index in [9.17, 15) is 14.3 Å². The van der Waals surface area contributed by atoms with E-state index in [4.69, 9.17) is 4.74 Å². The van der Waals surface area contributed by atoms with Crippen molar-refractivity contribution in [3.05, 3.63) is 53.8 Å². The molecule has 1 atom stereocenters. The summed E-state index contributed by atoms with van der Waals surface area (Å²) in [4.78, 5) is 14.0. The van der Waals surface area contributed by atoms with Gasteiger partial charge in [0.2, 0.25) is 0 Å². The van der Waals surface area contributed by atoms with Crippen LogP contribution in [0.1, 0.15) is 25.5 Å². The molecule has 0 fully saturated rings. The summed E-state index contributed by atoms with van der Waals surface area (Å²) in [6.07, 6.45) is -1.38. The van der Waals surface area contributed by atoms with Crippen LogP contribution in [0.3, 0.4) is 0 Å². The fourth-order valence-corrected chi connectivity index (χ4v) is 2.32. The van der Waals surface area contributed by atoms with E-state index in [1.807, 2.05) is 13.8 Å². The van der Waals surface area contributed by atoms with E-state index in [-0.39, 0.29) is 11.7 Å². The van der Waals surface area contributed by atoms with E-state index in [2.05, 4.69) is 5.32 Å². The molecule has 0 saturated heterocycles. The van der Waals surface area contributed by atoms with Crippen LogP contribution in [0.25, 0.3) is 0 Å². The number of carbonyl (C=O) groups is 1. The van der Waals surface area contributed by atoms with E-state index in [0.717, 1.165) is 0 Å². The number of anilines is 2. The van der Waals surface area contributed by atoms with Gasteiger partial charge in [0.1, 0.15) is 11.6 Å². The number of nitrogens with one attached hydrogen (secondary N) is 1. The normalized spacial score (nSPS) is 12.0. The van der Waals surface area contributed by atoms with Gasteiger partial charge in [0.05, 0.1) is 12.8 Å². The zero-order valence-corrected chi connectivity index (χ0v) is 14.8. The molecule has 0 spiro atoms. The molecule has 0 aromatic heterocycles. The van der Waals surface area contributed by atoms with Gasteiger partial charge in [-0.1, -0.05) is 12.1 Å². The number of hydrogen-bond donors (Lipinski definition) is 2. The summed E-state index contributed by atoms with van der Waals surface area (Å²) in [6, 6.07) is 11.2. The molecule has 2 N–H and O–H groups in total. The Morgan fingerprint density at radius 3 is 2.56 bits per heavy atom. The van der Waals surface area contributed by atoms with Crippen LogP contribution in [0.2, 0.25) is 0 Å². The molecule has 5 nitrogen and oxygen atoms in total. The molecule has 0 aliphatic carbocycles. The van der Waals surface area contributed by atoms with Crippen molar-refractivity contribution in [3.63, 3.8) is 0 Å². The average Bonchev–Trinajstić information content (AvgIpc) is 2.60. The molecule has 25 heavy (non-hydrogen) atoms. The monoisotopic (exact) mass is 346 g/mol. The first-order valence-electron chi connectivity index (χ1n) is 7.98. The number of aliphatic hydroxyl groups excluding tert-OH is 1. The Hall–Kier alpha value is -2.60. The van der Waals surface area contributed by atoms with Crippen LogP contribution in [0, 0.1) is 5.82 Å². The summed E-state index contributed by atoms with van der Waals surface area (Å²) in [7, 11) is 3.30. The molecule has 134 valence electrons. The summed E-state index contributed by atoms with van der Waals surface area (Å²) >= 11 is 0. The average molecular weight is 346 g/mol. The van der Waals surface area contributed by atoms with Crippen molar-refractivity contribution in [2.45, 2.75) is 26.0 Å². The molecule has 0 aliphatic heterocycles. The van der Waals surface area contributed by atoms with E-state index in [1.165, 1.54) is 13.2 Å². The van der Waals surface area contributed by atoms with E-state index >= 15 is 0 Å². The second-order valence-electron chi connectivity index (χ2n) is 6.04. The van der Waals surface area contributed by atoms with Crippen molar-refractivity contribution in [1.82, 2.24) is 0 Å². The van der Waals surface area contributed by atoms with Crippen molar-refractivity contribution in [2.24, 2.45) is 0 Å². The van der Waals surface area contributed by atoms with Crippen LogP contribution in [-0.2, 0) is 4.79 Å². The highest BCUT2D eigenvalue weighted by Crippen LogP contribution is 2.25. The summed E-state index contributed by atoms with van der Waals surface area (Å²) in [5.41, 5.74) is 1.13. The molecule has 2 rings (SSSR count). The Kier molecular flexibility index (Phi) is 5.98. The van der Waals surface area contributed by atoms with Crippen LogP contribution in [0.4, 0.5) is 15.8 Å². The van der Waals surface area contributed by atoms with Crippen molar-refractivity contribution in [3.8, 4) is 5.75 Å². The number of methoxy groups -OCH3 is 1. The summed E-state index contributed by atoms with van der Waals surface area (Å²) in [5, 5.41) is 12.7. The number of nitrogens with zero attached hydrogens (tertiary/aromatic N) is 1. The lowest BCUT2D eigenvalue weighted by Crippen LogP contribution is -2.26. The van der Waals surface area contributed by atoms with Crippen molar-refractivity contribution in [1.29, 1.82) is 0 Å². The fraction of sp³-hybridized carbons (Fsp3) is 0.316. The number of halogens is 1. The number of rotatable bonds is 6. The number of hydrogen-bond acceptors (Lipinski definition) is 4. The van der Waals surface area contributed by atoms with Crippen LogP contribution in [0.5, 0.6) is 5.75 Å². The third-order valence-corrected chi connectivity index (χ3v) is 4.03. The second-order valence-corrected chi connectivity index (χ2v) is 6.04. The number of carbonyl (C=O) groups excluding carboxylic acids is 1. The minimum Gasteiger partial charge on any atom is -0.497 e. The molecule has 6 heteroatoms. The van der Waals surface area contributed by atoms with Gasteiger partial charge in [-0.05, 0) is 49.7 Å². The number of aliphatic hydroxyl groups is 1. The largest absolute Gasteiger partial charge is 0.497 e. The third kappa shape index (κ3) is 4.48. The van der Waals surface area contributed by atoms with Crippen LogP contribution in [-0.4, -0.2) is 31.2 Å². The van der Waals surface area contributed by atoms with Crippen molar-refractivity contribution < 1.29 is 19.0 Å². The Bertz CT molecular complexity index is 749. The third-order valence-electron chi connectivity index (χ3n) is 4.03. The number of ether oxygens (including phenoxy) is 1. The highest BCUT2D eigenvalue weighted by molar-refractivity contribution is 5.94. The lowest BCUT2D eigenvalue weighted by molar-refractivity contribution is -0.124. The minimum absolute atomic E-state index is 0.143. The van der Waals surface area contributed by atoms with Gasteiger partial charge in [-0.15, -0.1) is 0 Å². The molecule has 0 radical (unpaired) electrons. The number of benzene rings is 2. The van der Waals surface area contributed by atoms with Crippen molar-refractivity contribution in [2.75, 3.05) is 24.4 Å². The molecule has 0 bridgehead atoms. The summed E-state index contributed by atoms with van der Waals surface area (Å²) in [6.45, 7) is 3.92. The number of amides is 1. The molecule has 1 amide bonds. The molecule has 2 aromatic rings. The quantitative estimate of drug-likeness (QED) is 0.842. The first kappa shape index (κ1) is 18.7. The molecule has 1 unspecified atom stereocenters. The topological polar surface area (TPSA) is 61.8 Å². The second kappa shape index (κ2) is 7.98. The lowest BCUT2D eigenvalue weighted by Gasteiger charge is -2.24. The smallest absolute Gasteiger partial charge is 0.257 e. The maximum absolute atomic E-state index is 14.3. The minimum atomic E-state index is -1.38. The lowest BCUT2D eigenvalue weighted by atomic mass is 10.1. The molecular formula is C19H23FN2O3. The first-order valence-corrected chi connectivity index (χ1v) is 7.98. The van der Waals surface area contributed by atoms with Gasteiger partial charge in [0.15, 0.2) is 6.10 Å². The predicted molar refractivity (Wildman–Crippen MR) is 96.5 cm³/mol. The summed E-state index contributed by atoms with van der Waals surface area (Å²) in [5.74, 6) is -0.543. The molecule has 0 saturated carbocycles. The highest BCUT2D eigenvalue weighted by Gasteiger charge is 2.19. The van der Waals surface area contributed by atoms with Crippen molar-refractivity contribution >= 4 is 17.3 Å². The Morgan fingerprint density at radius 1 is 1.24 bits per heavy atom. The van der Waals surface area contributed by atoms with Crippen LogP contribution < -0.4 is 15.0 Å². The van der Waals surface area contributed by atoms with E-state index in [0.29, 0.717) is 17.0 Å².